The first-order valence-corrected chi connectivity index (χ1v) is 9.24. The van der Waals surface area contributed by atoms with Crippen molar-refractivity contribution in [3.8, 4) is 17.9 Å². The molecule has 0 aliphatic carbocycles. The molecule has 0 bridgehead atoms. The number of pyridine rings is 1. The van der Waals surface area contributed by atoms with E-state index in [1.54, 1.807) is 20.0 Å². The van der Waals surface area contributed by atoms with Crippen LogP contribution in [0, 0.1) is 23.2 Å². The van der Waals surface area contributed by atoms with Gasteiger partial charge in [-0.2, -0.15) is 5.26 Å². The Morgan fingerprint density at radius 2 is 2.10 bits per heavy atom. The predicted molar refractivity (Wildman–Crippen MR) is 109 cm³/mol. The summed E-state index contributed by atoms with van der Waals surface area (Å²) in [7, 11) is 0. The topological polar surface area (TPSA) is 128 Å². The van der Waals surface area contributed by atoms with Crippen molar-refractivity contribution in [2.45, 2.75) is 25.6 Å². The molecule has 2 aromatic heterocycles. The van der Waals surface area contributed by atoms with Gasteiger partial charge in [0.1, 0.15) is 23.3 Å². The first kappa shape index (κ1) is 20.5. The SMILES string of the molecule is CC(C)(O)C#Cc1cnc(Nc2cnc(C#N)cn2)cc1NCC1CNCCO1. The minimum atomic E-state index is -1.11. The van der Waals surface area contributed by atoms with E-state index in [0.29, 0.717) is 30.4 Å². The fourth-order valence-electron chi connectivity index (χ4n) is 2.55. The molecule has 1 fully saturated rings. The lowest BCUT2D eigenvalue weighted by molar-refractivity contribution is 0.0372. The van der Waals surface area contributed by atoms with Crippen LogP contribution < -0.4 is 16.0 Å². The third-order valence-electron chi connectivity index (χ3n) is 3.95. The molecule has 0 spiro atoms. The molecule has 4 N–H and O–H groups in total. The largest absolute Gasteiger partial charge is 0.381 e. The number of nitrogens with zero attached hydrogens (tertiary/aromatic N) is 4. The number of hydrogen-bond donors (Lipinski definition) is 4. The molecule has 3 heterocycles. The number of hydrogen-bond acceptors (Lipinski definition) is 9. The molecular weight excluding hydrogens is 370 g/mol. The molecule has 0 amide bonds. The van der Waals surface area contributed by atoms with Gasteiger partial charge in [-0.25, -0.2) is 15.0 Å². The van der Waals surface area contributed by atoms with Gasteiger partial charge in [-0.3, -0.25) is 0 Å². The molecule has 2 aromatic rings. The molecule has 1 saturated heterocycles. The summed E-state index contributed by atoms with van der Waals surface area (Å²) in [4.78, 5) is 12.5. The highest BCUT2D eigenvalue weighted by Crippen LogP contribution is 2.21. The summed E-state index contributed by atoms with van der Waals surface area (Å²) in [5.74, 6) is 6.80. The quantitative estimate of drug-likeness (QED) is 0.550. The molecule has 29 heavy (non-hydrogen) atoms. The first-order valence-electron chi connectivity index (χ1n) is 9.24. The van der Waals surface area contributed by atoms with E-state index in [1.807, 2.05) is 12.1 Å². The van der Waals surface area contributed by atoms with E-state index in [9.17, 15) is 5.11 Å². The predicted octanol–water partition coefficient (Wildman–Crippen LogP) is 1.01. The van der Waals surface area contributed by atoms with Crippen molar-refractivity contribution in [3.05, 3.63) is 35.9 Å². The number of nitriles is 1. The summed E-state index contributed by atoms with van der Waals surface area (Å²) < 4.78 is 5.72. The molecule has 0 saturated carbocycles. The second-order valence-electron chi connectivity index (χ2n) is 7.03. The van der Waals surface area contributed by atoms with Crippen molar-refractivity contribution in [2.75, 3.05) is 36.9 Å². The maximum Gasteiger partial charge on any atom is 0.158 e. The van der Waals surface area contributed by atoms with Gasteiger partial charge in [0, 0.05) is 31.9 Å². The fraction of sp³-hybridized carbons (Fsp3) is 0.400. The van der Waals surface area contributed by atoms with Crippen molar-refractivity contribution in [1.82, 2.24) is 20.3 Å². The third kappa shape index (κ3) is 6.40. The van der Waals surface area contributed by atoms with Crippen LogP contribution in [-0.2, 0) is 4.74 Å². The summed E-state index contributed by atoms with van der Waals surface area (Å²) >= 11 is 0. The van der Waals surface area contributed by atoms with Gasteiger partial charge in [0.25, 0.3) is 0 Å². The number of anilines is 3. The van der Waals surface area contributed by atoms with Gasteiger partial charge in [0.2, 0.25) is 0 Å². The Labute approximate surface area is 169 Å². The Balaban J connectivity index is 1.80. The second kappa shape index (κ2) is 9.30. The van der Waals surface area contributed by atoms with Crippen LogP contribution >= 0.6 is 0 Å². The van der Waals surface area contributed by atoms with E-state index >= 15 is 0 Å². The van der Waals surface area contributed by atoms with E-state index < -0.39 is 5.60 Å². The summed E-state index contributed by atoms with van der Waals surface area (Å²) in [5, 5.41) is 28.4. The molecule has 1 aliphatic heterocycles. The van der Waals surface area contributed by atoms with Gasteiger partial charge >= 0.3 is 0 Å². The second-order valence-corrected chi connectivity index (χ2v) is 7.03. The van der Waals surface area contributed by atoms with Crippen LogP contribution in [0.15, 0.2) is 24.7 Å². The molecular formula is C20H23N7O2. The Morgan fingerprint density at radius 3 is 2.76 bits per heavy atom. The number of nitrogens with one attached hydrogen (secondary N) is 3. The highest BCUT2D eigenvalue weighted by atomic mass is 16.5. The van der Waals surface area contributed by atoms with Crippen molar-refractivity contribution in [3.63, 3.8) is 0 Å². The molecule has 9 nitrogen and oxygen atoms in total. The minimum absolute atomic E-state index is 0.0489. The molecule has 1 unspecified atom stereocenters. The average Bonchev–Trinajstić information content (AvgIpc) is 2.72. The van der Waals surface area contributed by atoms with Gasteiger partial charge in [0.05, 0.1) is 36.4 Å². The molecule has 0 aromatic carbocycles. The van der Waals surface area contributed by atoms with Crippen molar-refractivity contribution < 1.29 is 9.84 Å². The number of ether oxygens (including phenoxy) is 1. The van der Waals surface area contributed by atoms with Gasteiger partial charge in [-0.1, -0.05) is 11.8 Å². The Kier molecular flexibility index (Phi) is 6.57. The van der Waals surface area contributed by atoms with E-state index in [2.05, 4.69) is 42.7 Å². The lowest BCUT2D eigenvalue weighted by atomic mass is 10.1. The van der Waals surface area contributed by atoms with Gasteiger partial charge in [-0.05, 0) is 13.8 Å². The van der Waals surface area contributed by atoms with E-state index in [-0.39, 0.29) is 11.8 Å². The van der Waals surface area contributed by atoms with Gasteiger partial charge < -0.3 is 25.8 Å². The number of rotatable bonds is 5. The third-order valence-corrected chi connectivity index (χ3v) is 3.95. The van der Waals surface area contributed by atoms with Crippen molar-refractivity contribution in [1.29, 1.82) is 5.26 Å². The highest BCUT2D eigenvalue weighted by Gasteiger charge is 2.14. The summed E-state index contributed by atoms with van der Waals surface area (Å²) in [5.41, 5.74) is 0.550. The number of morpholine rings is 1. The molecule has 1 aliphatic rings. The molecule has 150 valence electrons. The van der Waals surface area contributed by atoms with Gasteiger partial charge in [0.15, 0.2) is 5.69 Å². The van der Waals surface area contributed by atoms with Crippen LogP contribution in [0.5, 0.6) is 0 Å². The summed E-state index contributed by atoms with van der Waals surface area (Å²) in [6.45, 7) is 6.16. The Morgan fingerprint density at radius 1 is 1.28 bits per heavy atom. The monoisotopic (exact) mass is 393 g/mol. The highest BCUT2D eigenvalue weighted by molar-refractivity contribution is 5.65. The summed E-state index contributed by atoms with van der Waals surface area (Å²) in [6.07, 6.45) is 4.53. The molecule has 1 atom stereocenters. The van der Waals surface area contributed by atoms with Crippen LogP contribution in [0.2, 0.25) is 0 Å². The standard InChI is InChI=1S/C20H23N7O2/c1-20(2,28)4-3-14-9-25-18(27-19-13-23-15(8-21)10-26-19)7-17(14)24-12-16-11-22-5-6-29-16/h7,9-10,13,16,22,28H,5-6,11-12H2,1-2H3,(H2,24,25,26,27). The maximum absolute atomic E-state index is 9.90. The lowest BCUT2D eigenvalue weighted by Gasteiger charge is -2.24. The van der Waals surface area contributed by atoms with Crippen LogP contribution in [0.3, 0.4) is 0 Å². The van der Waals surface area contributed by atoms with E-state index in [0.717, 1.165) is 18.8 Å². The lowest BCUT2D eigenvalue weighted by Crippen LogP contribution is -2.42. The average molecular weight is 393 g/mol. The fourth-order valence-corrected chi connectivity index (χ4v) is 2.55. The first-order chi connectivity index (χ1) is 13.9. The summed E-state index contributed by atoms with van der Waals surface area (Å²) in [6, 6.07) is 3.74. The Bertz CT molecular complexity index is 931. The zero-order valence-electron chi connectivity index (χ0n) is 16.4. The van der Waals surface area contributed by atoms with Crippen LogP contribution in [-0.4, -0.2) is 58.0 Å². The maximum atomic E-state index is 9.90. The van der Waals surface area contributed by atoms with Crippen LogP contribution in [0.4, 0.5) is 17.3 Å². The number of aromatic nitrogens is 3. The zero-order valence-corrected chi connectivity index (χ0v) is 16.4. The smallest absolute Gasteiger partial charge is 0.158 e. The van der Waals surface area contributed by atoms with Crippen LogP contribution in [0.25, 0.3) is 0 Å². The Hall–Kier alpha value is -3.24. The van der Waals surface area contributed by atoms with Gasteiger partial charge in [-0.15, -0.1) is 0 Å². The minimum Gasteiger partial charge on any atom is -0.381 e. The van der Waals surface area contributed by atoms with Crippen molar-refractivity contribution >= 4 is 17.3 Å². The molecule has 3 rings (SSSR count). The number of aliphatic hydroxyl groups is 1. The van der Waals surface area contributed by atoms with E-state index in [4.69, 9.17) is 10.00 Å². The van der Waals surface area contributed by atoms with Crippen LogP contribution in [0.1, 0.15) is 25.1 Å². The normalized spacial score (nSPS) is 16.3. The molecule has 0 radical (unpaired) electrons. The molecule has 9 heteroatoms. The van der Waals surface area contributed by atoms with E-state index in [1.165, 1.54) is 12.4 Å². The zero-order chi connectivity index (χ0) is 20.7. The van der Waals surface area contributed by atoms with Crippen molar-refractivity contribution in [2.24, 2.45) is 0 Å².